The van der Waals surface area contributed by atoms with Crippen LogP contribution in [0, 0.1) is 6.92 Å². The predicted octanol–water partition coefficient (Wildman–Crippen LogP) is 2.41. The molecule has 1 aliphatic heterocycles. The van der Waals surface area contributed by atoms with E-state index in [-0.39, 0.29) is 17.7 Å². The minimum Gasteiger partial charge on any atom is -0.497 e. The number of aromatic nitrogens is 4. The van der Waals surface area contributed by atoms with Crippen LogP contribution in [0.1, 0.15) is 44.6 Å². The van der Waals surface area contributed by atoms with Gasteiger partial charge in [-0.05, 0) is 37.6 Å². The molecule has 9 nitrogen and oxygen atoms in total. The van der Waals surface area contributed by atoms with Gasteiger partial charge in [0.2, 0.25) is 0 Å². The van der Waals surface area contributed by atoms with E-state index in [0.717, 1.165) is 12.2 Å². The molecule has 1 N–H and O–H groups in total. The highest BCUT2D eigenvalue weighted by atomic mass is 16.5. The quantitative estimate of drug-likeness (QED) is 0.680. The van der Waals surface area contributed by atoms with E-state index in [1.165, 1.54) is 0 Å². The zero-order valence-electron chi connectivity index (χ0n) is 17.7. The Labute approximate surface area is 180 Å². The predicted molar refractivity (Wildman–Crippen MR) is 114 cm³/mol. The number of methoxy groups -OCH3 is 1. The van der Waals surface area contributed by atoms with Crippen LogP contribution in [0.15, 0.2) is 42.9 Å². The number of ether oxygens (including phenoxy) is 1. The van der Waals surface area contributed by atoms with Crippen molar-refractivity contribution in [3.05, 3.63) is 65.5 Å². The lowest BCUT2D eigenvalue weighted by atomic mass is 10.1. The highest BCUT2D eigenvalue weighted by Gasteiger charge is 2.30. The van der Waals surface area contributed by atoms with Crippen molar-refractivity contribution >= 4 is 17.5 Å². The summed E-state index contributed by atoms with van der Waals surface area (Å²) in [6.45, 7) is 2.98. The third-order valence-corrected chi connectivity index (χ3v) is 5.38. The van der Waals surface area contributed by atoms with Crippen LogP contribution in [0.5, 0.6) is 5.75 Å². The molecule has 2 aromatic heterocycles. The molecule has 1 fully saturated rings. The van der Waals surface area contributed by atoms with Crippen LogP contribution in [-0.4, -0.2) is 56.7 Å². The summed E-state index contributed by atoms with van der Waals surface area (Å²) >= 11 is 0. The molecule has 1 saturated heterocycles. The smallest absolute Gasteiger partial charge is 0.259 e. The van der Waals surface area contributed by atoms with Gasteiger partial charge in [0.05, 0.1) is 30.1 Å². The third-order valence-electron chi connectivity index (χ3n) is 5.38. The summed E-state index contributed by atoms with van der Waals surface area (Å²) in [4.78, 5) is 36.1. The van der Waals surface area contributed by atoms with Gasteiger partial charge in [-0.3, -0.25) is 14.3 Å². The second-order valence-corrected chi connectivity index (χ2v) is 7.55. The lowest BCUT2D eigenvalue weighted by Gasteiger charge is -2.15. The van der Waals surface area contributed by atoms with Crippen molar-refractivity contribution in [3.63, 3.8) is 0 Å². The van der Waals surface area contributed by atoms with Crippen LogP contribution in [0.4, 0.5) is 5.69 Å². The number of nitrogens with zero attached hydrogens (tertiary/aromatic N) is 5. The van der Waals surface area contributed by atoms with Gasteiger partial charge in [0.15, 0.2) is 0 Å². The Hall–Kier alpha value is -3.75. The maximum Gasteiger partial charge on any atom is 0.259 e. The van der Waals surface area contributed by atoms with Gasteiger partial charge < -0.3 is 15.0 Å². The average Bonchev–Trinajstić information content (AvgIpc) is 3.43. The summed E-state index contributed by atoms with van der Waals surface area (Å²) in [6.07, 6.45) is 5.63. The van der Waals surface area contributed by atoms with Crippen LogP contribution < -0.4 is 10.1 Å². The topological polar surface area (TPSA) is 102 Å². The van der Waals surface area contributed by atoms with Crippen molar-refractivity contribution in [1.29, 1.82) is 0 Å². The van der Waals surface area contributed by atoms with Crippen molar-refractivity contribution in [1.82, 2.24) is 24.6 Å². The van der Waals surface area contributed by atoms with Gasteiger partial charge in [-0.15, -0.1) is 0 Å². The Morgan fingerprint density at radius 1 is 1.19 bits per heavy atom. The van der Waals surface area contributed by atoms with Crippen molar-refractivity contribution in [2.24, 2.45) is 7.05 Å². The molecule has 2 amide bonds. The van der Waals surface area contributed by atoms with E-state index in [1.54, 1.807) is 73.5 Å². The zero-order valence-corrected chi connectivity index (χ0v) is 17.7. The minimum absolute atomic E-state index is 0.0391. The monoisotopic (exact) mass is 420 g/mol. The Morgan fingerprint density at radius 2 is 1.97 bits per heavy atom. The highest BCUT2D eigenvalue weighted by Crippen LogP contribution is 2.26. The molecule has 3 heterocycles. The summed E-state index contributed by atoms with van der Waals surface area (Å²) < 4.78 is 6.74. The van der Waals surface area contributed by atoms with E-state index in [2.05, 4.69) is 20.4 Å². The first-order valence-corrected chi connectivity index (χ1v) is 10.0. The van der Waals surface area contributed by atoms with E-state index in [0.29, 0.717) is 41.4 Å². The fourth-order valence-corrected chi connectivity index (χ4v) is 3.65. The zero-order chi connectivity index (χ0) is 22.0. The number of amides is 2. The third kappa shape index (κ3) is 4.40. The second-order valence-electron chi connectivity index (χ2n) is 7.55. The number of benzene rings is 1. The molecule has 31 heavy (non-hydrogen) atoms. The molecule has 1 atom stereocenters. The van der Waals surface area contributed by atoms with Crippen LogP contribution in [0.3, 0.4) is 0 Å². The van der Waals surface area contributed by atoms with E-state index >= 15 is 0 Å². The first kappa shape index (κ1) is 20.5. The molecule has 160 valence electrons. The van der Waals surface area contributed by atoms with Gasteiger partial charge >= 0.3 is 0 Å². The summed E-state index contributed by atoms with van der Waals surface area (Å²) in [7, 11) is 3.38. The Morgan fingerprint density at radius 3 is 2.61 bits per heavy atom. The van der Waals surface area contributed by atoms with Gasteiger partial charge in [0.25, 0.3) is 11.8 Å². The molecule has 0 radical (unpaired) electrons. The fraction of sp³-hybridized carbons (Fsp3) is 0.318. The fourth-order valence-electron chi connectivity index (χ4n) is 3.65. The number of nitrogens with one attached hydrogen (secondary N) is 1. The second kappa shape index (κ2) is 8.55. The summed E-state index contributed by atoms with van der Waals surface area (Å²) in [6, 6.07) is 7.10. The van der Waals surface area contributed by atoms with Crippen molar-refractivity contribution in [2.45, 2.75) is 19.3 Å². The molecule has 0 unspecified atom stereocenters. The molecule has 1 aromatic carbocycles. The van der Waals surface area contributed by atoms with E-state index in [9.17, 15) is 9.59 Å². The maximum atomic E-state index is 12.6. The average molecular weight is 420 g/mol. The number of likely N-dealkylation sites (tertiary alicyclic amines) is 1. The van der Waals surface area contributed by atoms with Crippen LogP contribution >= 0.6 is 0 Å². The summed E-state index contributed by atoms with van der Waals surface area (Å²) in [5, 5.41) is 6.91. The van der Waals surface area contributed by atoms with Crippen molar-refractivity contribution in [2.75, 3.05) is 25.5 Å². The molecule has 0 bridgehead atoms. The molecule has 4 rings (SSSR count). The Kier molecular flexibility index (Phi) is 5.66. The largest absolute Gasteiger partial charge is 0.497 e. The molecule has 0 spiro atoms. The Balaban J connectivity index is 1.42. The highest BCUT2D eigenvalue weighted by molar-refractivity contribution is 6.04. The maximum absolute atomic E-state index is 12.6. The van der Waals surface area contributed by atoms with E-state index in [4.69, 9.17) is 4.74 Å². The number of hydrogen-bond donors (Lipinski definition) is 1. The number of hydrogen-bond acceptors (Lipinski definition) is 6. The lowest BCUT2D eigenvalue weighted by Crippen LogP contribution is -2.28. The standard InChI is InChI=1S/C22H24N6O3/c1-14-19(21(29)26-17-4-6-18(31-3)7-5-17)11-23-20(25-14)15-8-9-28(13-15)22(30)16-10-24-27(2)12-16/h4-7,10-12,15H,8-9,13H2,1-3H3,(H,26,29)/t15-/m1/s1. The van der Waals surface area contributed by atoms with Gasteiger partial charge in [0.1, 0.15) is 11.6 Å². The number of aryl methyl sites for hydroxylation is 2. The summed E-state index contributed by atoms with van der Waals surface area (Å²) in [5.41, 5.74) is 2.26. The molecular formula is C22H24N6O3. The van der Waals surface area contributed by atoms with Gasteiger partial charge in [0, 0.05) is 44.1 Å². The van der Waals surface area contributed by atoms with E-state index < -0.39 is 0 Å². The first-order valence-electron chi connectivity index (χ1n) is 10.0. The molecule has 3 aromatic rings. The number of rotatable bonds is 5. The van der Waals surface area contributed by atoms with Crippen molar-refractivity contribution < 1.29 is 14.3 Å². The van der Waals surface area contributed by atoms with Gasteiger partial charge in [-0.25, -0.2) is 9.97 Å². The summed E-state index contributed by atoms with van der Waals surface area (Å²) in [5.74, 6) is 1.10. The molecule has 0 aliphatic carbocycles. The molecule has 0 saturated carbocycles. The molecule has 1 aliphatic rings. The van der Waals surface area contributed by atoms with Gasteiger partial charge in [-0.1, -0.05) is 0 Å². The first-order chi connectivity index (χ1) is 14.9. The van der Waals surface area contributed by atoms with Crippen LogP contribution in [0.25, 0.3) is 0 Å². The Bertz CT molecular complexity index is 1110. The minimum atomic E-state index is -0.269. The molecular weight excluding hydrogens is 396 g/mol. The van der Waals surface area contributed by atoms with Crippen LogP contribution in [-0.2, 0) is 7.05 Å². The van der Waals surface area contributed by atoms with Crippen LogP contribution in [0.2, 0.25) is 0 Å². The lowest BCUT2D eigenvalue weighted by molar-refractivity contribution is 0.0790. The number of anilines is 1. The number of carbonyl (C=O) groups excluding carboxylic acids is 2. The SMILES string of the molecule is COc1ccc(NC(=O)c2cnc([C@@H]3CCN(C(=O)c4cnn(C)c4)C3)nc2C)cc1. The van der Waals surface area contributed by atoms with Crippen molar-refractivity contribution in [3.8, 4) is 5.75 Å². The van der Waals surface area contributed by atoms with E-state index in [1.807, 2.05) is 0 Å². The number of carbonyl (C=O) groups is 2. The van der Waals surface area contributed by atoms with Gasteiger partial charge in [-0.2, -0.15) is 5.10 Å². The molecule has 9 heteroatoms. The normalized spacial score (nSPS) is 15.7.